The van der Waals surface area contributed by atoms with Crippen molar-refractivity contribution in [2.75, 3.05) is 12.8 Å². The molecule has 0 saturated heterocycles. The zero-order valence-electron chi connectivity index (χ0n) is 10.4. The summed E-state index contributed by atoms with van der Waals surface area (Å²) in [6, 6.07) is 7.49. The summed E-state index contributed by atoms with van der Waals surface area (Å²) in [6.07, 6.45) is 0. The van der Waals surface area contributed by atoms with E-state index < -0.39 is 5.82 Å². The first kappa shape index (κ1) is 15.0. The van der Waals surface area contributed by atoms with Gasteiger partial charge in [-0.1, -0.05) is 15.9 Å². The Balaban J connectivity index is 2.58. The van der Waals surface area contributed by atoms with Crippen LogP contribution >= 0.6 is 31.9 Å². The molecule has 0 unspecified atom stereocenters. The van der Waals surface area contributed by atoms with Gasteiger partial charge in [-0.2, -0.15) is 0 Å². The smallest absolute Gasteiger partial charge is 0.198 e. The largest absolute Gasteiger partial charge is 0.496 e. The lowest BCUT2D eigenvalue weighted by Gasteiger charge is -2.10. The Morgan fingerprint density at radius 3 is 2.50 bits per heavy atom. The molecule has 0 saturated carbocycles. The number of benzene rings is 2. The fourth-order valence-corrected chi connectivity index (χ4v) is 2.51. The normalized spacial score (nSPS) is 10.4. The van der Waals surface area contributed by atoms with E-state index >= 15 is 0 Å². The lowest BCUT2D eigenvalue weighted by molar-refractivity contribution is 0.103. The minimum Gasteiger partial charge on any atom is -0.496 e. The van der Waals surface area contributed by atoms with Gasteiger partial charge < -0.3 is 10.5 Å². The molecule has 0 heterocycles. The monoisotopic (exact) mass is 401 g/mol. The van der Waals surface area contributed by atoms with Crippen molar-refractivity contribution in [2.45, 2.75) is 0 Å². The maximum atomic E-state index is 13.5. The zero-order chi connectivity index (χ0) is 14.9. The molecule has 6 heteroatoms. The summed E-state index contributed by atoms with van der Waals surface area (Å²) in [5, 5.41) is 0. The van der Waals surface area contributed by atoms with E-state index in [9.17, 15) is 9.18 Å². The van der Waals surface area contributed by atoms with Gasteiger partial charge in [-0.15, -0.1) is 0 Å². The minimum absolute atomic E-state index is 0.171. The number of ether oxygens (including phenoxy) is 1. The molecule has 2 rings (SSSR count). The molecule has 2 aromatic rings. The first-order valence-electron chi connectivity index (χ1n) is 5.56. The zero-order valence-corrected chi connectivity index (χ0v) is 13.6. The number of ketones is 1. The van der Waals surface area contributed by atoms with Crippen LogP contribution in [0.1, 0.15) is 15.9 Å². The fourth-order valence-electron chi connectivity index (χ4n) is 1.74. The van der Waals surface area contributed by atoms with Gasteiger partial charge in [0.1, 0.15) is 11.6 Å². The Bertz CT molecular complexity index is 689. The van der Waals surface area contributed by atoms with Gasteiger partial charge >= 0.3 is 0 Å². The second-order valence-electron chi connectivity index (χ2n) is 4.04. The molecule has 3 nitrogen and oxygen atoms in total. The van der Waals surface area contributed by atoms with E-state index in [1.54, 1.807) is 18.2 Å². The summed E-state index contributed by atoms with van der Waals surface area (Å²) in [7, 11) is 1.38. The maximum absolute atomic E-state index is 13.5. The number of hydrogen-bond acceptors (Lipinski definition) is 3. The van der Waals surface area contributed by atoms with Crippen LogP contribution in [0.15, 0.2) is 39.3 Å². The van der Waals surface area contributed by atoms with Gasteiger partial charge in [0.15, 0.2) is 5.78 Å². The first-order chi connectivity index (χ1) is 9.43. The predicted octanol–water partition coefficient (Wildman–Crippen LogP) is 4.17. The van der Waals surface area contributed by atoms with Crippen LogP contribution < -0.4 is 10.5 Å². The van der Waals surface area contributed by atoms with Gasteiger partial charge in [-0.05, 0) is 40.2 Å². The van der Waals surface area contributed by atoms with Crippen molar-refractivity contribution in [3.05, 3.63) is 56.2 Å². The van der Waals surface area contributed by atoms with Crippen LogP contribution in [0, 0.1) is 5.82 Å². The highest BCUT2D eigenvalue weighted by atomic mass is 79.9. The van der Waals surface area contributed by atoms with Crippen molar-refractivity contribution in [3.63, 3.8) is 0 Å². The molecular weight excluding hydrogens is 393 g/mol. The molecule has 0 amide bonds. The molecule has 20 heavy (non-hydrogen) atoms. The third-order valence-corrected chi connectivity index (χ3v) is 4.02. The summed E-state index contributed by atoms with van der Waals surface area (Å²) in [5.41, 5.74) is 6.81. The molecule has 2 N–H and O–H groups in total. The molecule has 0 radical (unpaired) electrons. The van der Waals surface area contributed by atoms with E-state index in [4.69, 9.17) is 10.5 Å². The second kappa shape index (κ2) is 5.93. The molecule has 0 aliphatic carbocycles. The Hall–Kier alpha value is -1.40. The molecule has 0 aliphatic heterocycles. The van der Waals surface area contributed by atoms with E-state index in [0.717, 1.165) is 6.07 Å². The summed E-state index contributed by atoms with van der Waals surface area (Å²) < 4.78 is 19.4. The van der Waals surface area contributed by atoms with Crippen molar-refractivity contribution >= 4 is 43.3 Å². The highest BCUT2D eigenvalue weighted by Crippen LogP contribution is 2.30. The molecule has 2 aromatic carbocycles. The fraction of sp³-hybridized carbons (Fsp3) is 0.0714. The number of hydrogen-bond donors (Lipinski definition) is 1. The third kappa shape index (κ3) is 2.86. The minimum atomic E-state index is -0.495. The van der Waals surface area contributed by atoms with Crippen LogP contribution in [0.3, 0.4) is 0 Å². The summed E-state index contributed by atoms with van der Waals surface area (Å²) >= 11 is 6.37. The molecule has 104 valence electrons. The SMILES string of the molecule is COc1cc(F)c(Br)cc1C(=O)c1cc(N)ccc1Br. The topological polar surface area (TPSA) is 52.3 Å². The molecule has 0 bridgehead atoms. The van der Waals surface area contributed by atoms with Gasteiger partial charge in [0.05, 0.1) is 17.1 Å². The van der Waals surface area contributed by atoms with E-state index in [0.29, 0.717) is 15.7 Å². The van der Waals surface area contributed by atoms with Gasteiger partial charge in [-0.3, -0.25) is 4.79 Å². The predicted molar refractivity (Wildman–Crippen MR) is 82.6 cm³/mol. The van der Waals surface area contributed by atoms with Crippen LogP contribution in [0.25, 0.3) is 0 Å². The van der Waals surface area contributed by atoms with Crippen LogP contribution in [-0.4, -0.2) is 12.9 Å². The first-order valence-corrected chi connectivity index (χ1v) is 7.15. The van der Waals surface area contributed by atoms with Gasteiger partial charge in [0, 0.05) is 21.8 Å². The second-order valence-corrected chi connectivity index (χ2v) is 5.74. The molecule has 0 aliphatic rings. The van der Waals surface area contributed by atoms with Gasteiger partial charge in [-0.25, -0.2) is 4.39 Å². The average molecular weight is 403 g/mol. The molecular formula is C14H10Br2FNO2. The quantitative estimate of drug-likeness (QED) is 0.619. The van der Waals surface area contributed by atoms with Crippen molar-refractivity contribution in [2.24, 2.45) is 0 Å². The Kier molecular flexibility index (Phi) is 4.45. The van der Waals surface area contributed by atoms with E-state index in [1.165, 1.54) is 13.2 Å². The molecule has 0 fully saturated rings. The van der Waals surface area contributed by atoms with Crippen molar-refractivity contribution in [1.29, 1.82) is 0 Å². The number of nitrogen functional groups attached to an aromatic ring is 1. The average Bonchev–Trinajstić information content (AvgIpc) is 2.43. The van der Waals surface area contributed by atoms with Crippen LogP contribution in [0.5, 0.6) is 5.75 Å². The molecule has 0 aromatic heterocycles. The number of carbonyl (C=O) groups is 1. The van der Waals surface area contributed by atoms with Crippen LogP contribution in [0.4, 0.5) is 10.1 Å². The number of rotatable bonds is 3. The van der Waals surface area contributed by atoms with Crippen LogP contribution in [0.2, 0.25) is 0 Å². The standard InChI is InChI=1S/C14H10Br2FNO2/c1-20-13-6-12(17)11(16)5-9(13)14(19)8-4-7(18)2-3-10(8)15/h2-6H,18H2,1H3. The highest BCUT2D eigenvalue weighted by molar-refractivity contribution is 9.10. The van der Waals surface area contributed by atoms with E-state index in [-0.39, 0.29) is 21.6 Å². The number of halogens is 3. The molecule has 0 atom stereocenters. The number of anilines is 1. The van der Waals surface area contributed by atoms with Gasteiger partial charge in [0.2, 0.25) is 0 Å². The van der Waals surface area contributed by atoms with E-state index in [1.807, 2.05) is 0 Å². The Morgan fingerprint density at radius 1 is 1.15 bits per heavy atom. The summed E-state index contributed by atoms with van der Waals surface area (Å²) in [5.74, 6) is -0.628. The van der Waals surface area contributed by atoms with E-state index in [2.05, 4.69) is 31.9 Å². The third-order valence-electron chi connectivity index (χ3n) is 2.72. The lowest BCUT2D eigenvalue weighted by atomic mass is 10.0. The number of methoxy groups -OCH3 is 1. The van der Waals surface area contributed by atoms with Crippen molar-refractivity contribution in [3.8, 4) is 5.75 Å². The molecule has 0 spiro atoms. The van der Waals surface area contributed by atoms with Crippen molar-refractivity contribution < 1.29 is 13.9 Å². The number of nitrogens with two attached hydrogens (primary N) is 1. The highest BCUT2D eigenvalue weighted by Gasteiger charge is 2.19. The summed E-state index contributed by atoms with van der Waals surface area (Å²) in [4.78, 5) is 12.6. The Morgan fingerprint density at radius 2 is 1.85 bits per heavy atom. The van der Waals surface area contributed by atoms with Gasteiger partial charge in [0.25, 0.3) is 0 Å². The number of carbonyl (C=O) groups excluding carboxylic acids is 1. The summed E-state index contributed by atoms with van der Waals surface area (Å²) in [6.45, 7) is 0. The van der Waals surface area contributed by atoms with Crippen molar-refractivity contribution in [1.82, 2.24) is 0 Å². The Labute approximate surface area is 132 Å². The van der Waals surface area contributed by atoms with Crippen LogP contribution in [-0.2, 0) is 0 Å². The maximum Gasteiger partial charge on any atom is 0.198 e. The lowest BCUT2D eigenvalue weighted by Crippen LogP contribution is -2.06.